The fourth-order valence-electron chi connectivity index (χ4n) is 2.57. The molecule has 0 unspecified atom stereocenters. The normalized spacial score (nSPS) is 10.7. The molecule has 4 rings (SSSR count). The Kier molecular flexibility index (Phi) is 3.09. The number of nitrogens with one attached hydrogen (secondary N) is 1. The Morgan fingerprint density at radius 2 is 1.45 bits per heavy atom. The van der Waals surface area contributed by atoms with Crippen molar-refractivity contribution in [2.45, 2.75) is 0 Å². The molecule has 3 aromatic carbocycles. The lowest BCUT2D eigenvalue weighted by molar-refractivity contribution is 1.09. The van der Waals surface area contributed by atoms with Crippen molar-refractivity contribution >= 4 is 22.4 Å². The molecule has 0 radical (unpaired) electrons. The third-order valence-corrected chi connectivity index (χ3v) is 3.64. The van der Waals surface area contributed by atoms with Gasteiger partial charge in [0.05, 0.1) is 11.0 Å². The lowest BCUT2D eigenvalue weighted by atomic mass is 10.2. The standard InChI is InChI=1S/C19H15N3/c1-3-7-15(8-4-1)21-16-11-12-19-18(13-16)20-14-22(19)17-9-5-2-6-10-17/h1-14,21H. The van der Waals surface area contributed by atoms with Crippen molar-refractivity contribution < 1.29 is 0 Å². The Labute approximate surface area is 128 Å². The Morgan fingerprint density at radius 1 is 0.727 bits per heavy atom. The highest BCUT2D eigenvalue weighted by Gasteiger charge is 2.05. The molecule has 0 saturated heterocycles. The summed E-state index contributed by atoms with van der Waals surface area (Å²) in [5.74, 6) is 0. The second-order valence-electron chi connectivity index (χ2n) is 5.14. The van der Waals surface area contributed by atoms with Crippen LogP contribution in [0.5, 0.6) is 0 Å². The molecule has 3 heteroatoms. The van der Waals surface area contributed by atoms with Crippen molar-refractivity contribution in [2.24, 2.45) is 0 Å². The lowest BCUT2D eigenvalue weighted by Gasteiger charge is -2.07. The quantitative estimate of drug-likeness (QED) is 0.587. The maximum atomic E-state index is 4.52. The van der Waals surface area contributed by atoms with Crippen LogP contribution in [0.25, 0.3) is 16.7 Å². The summed E-state index contributed by atoms with van der Waals surface area (Å²) >= 11 is 0. The summed E-state index contributed by atoms with van der Waals surface area (Å²) in [6.07, 6.45) is 1.87. The van der Waals surface area contributed by atoms with Gasteiger partial charge in [0.15, 0.2) is 0 Å². The van der Waals surface area contributed by atoms with Crippen LogP contribution in [0.1, 0.15) is 0 Å². The van der Waals surface area contributed by atoms with E-state index in [0.717, 1.165) is 28.1 Å². The summed E-state index contributed by atoms with van der Waals surface area (Å²) in [5, 5.41) is 3.40. The van der Waals surface area contributed by atoms with Gasteiger partial charge in [-0.25, -0.2) is 4.98 Å². The van der Waals surface area contributed by atoms with Gasteiger partial charge in [0.25, 0.3) is 0 Å². The average Bonchev–Trinajstić information content (AvgIpc) is 3.00. The highest BCUT2D eigenvalue weighted by Crippen LogP contribution is 2.23. The topological polar surface area (TPSA) is 29.9 Å². The first kappa shape index (κ1) is 12.7. The predicted octanol–water partition coefficient (Wildman–Crippen LogP) is 4.77. The van der Waals surface area contributed by atoms with Crippen LogP contribution in [0.4, 0.5) is 11.4 Å². The third-order valence-electron chi connectivity index (χ3n) is 3.64. The number of rotatable bonds is 3. The van der Waals surface area contributed by atoms with E-state index < -0.39 is 0 Å². The van der Waals surface area contributed by atoms with E-state index in [4.69, 9.17) is 0 Å². The molecule has 1 N–H and O–H groups in total. The fourth-order valence-corrected chi connectivity index (χ4v) is 2.57. The maximum Gasteiger partial charge on any atom is 0.100 e. The molecule has 0 fully saturated rings. The Bertz CT molecular complexity index is 896. The largest absolute Gasteiger partial charge is 0.355 e. The molecule has 1 heterocycles. The highest BCUT2D eigenvalue weighted by molar-refractivity contribution is 5.82. The van der Waals surface area contributed by atoms with E-state index in [9.17, 15) is 0 Å². The fraction of sp³-hybridized carbons (Fsp3) is 0. The van der Waals surface area contributed by atoms with E-state index in [-0.39, 0.29) is 0 Å². The van der Waals surface area contributed by atoms with Crippen molar-refractivity contribution in [1.82, 2.24) is 9.55 Å². The number of hydrogen-bond donors (Lipinski definition) is 1. The maximum absolute atomic E-state index is 4.52. The van der Waals surface area contributed by atoms with E-state index in [1.165, 1.54) is 0 Å². The molecular formula is C19H15N3. The van der Waals surface area contributed by atoms with Gasteiger partial charge < -0.3 is 5.32 Å². The van der Waals surface area contributed by atoms with Gasteiger partial charge in [-0.15, -0.1) is 0 Å². The van der Waals surface area contributed by atoms with E-state index in [1.807, 2.05) is 54.9 Å². The van der Waals surface area contributed by atoms with Gasteiger partial charge >= 0.3 is 0 Å². The molecule has 0 atom stereocenters. The summed E-state index contributed by atoms with van der Waals surface area (Å²) in [4.78, 5) is 4.52. The number of hydrogen-bond acceptors (Lipinski definition) is 2. The number of imidazole rings is 1. The minimum Gasteiger partial charge on any atom is -0.355 e. The number of fused-ring (bicyclic) bond motifs is 1. The first-order valence-electron chi connectivity index (χ1n) is 7.25. The Balaban J connectivity index is 1.71. The van der Waals surface area contributed by atoms with Crippen LogP contribution in [-0.4, -0.2) is 9.55 Å². The molecule has 0 aliphatic heterocycles. The van der Waals surface area contributed by atoms with Gasteiger partial charge in [0.2, 0.25) is 0 Å². The molecule has 3 nitrogen and oxygen atoms in total. The van der Waals surface area contributed by atoms with E-state index in [1.54, 1.807) is 0 Å². The van der Waals surface area contributed by atoms with Gasteiger partial charge in [-0.3, -0.25) is 4.57 Å². The van der Waals surface area contributed by atoms with Crippen molar-refractivity contribution in [3.8, 4) is 5.69 Å². The number of anilines is 2. The zero-order valence-corrected chi connectivity index (χ0v) is 12.0. The van der Waals surface area contributed by atoms with Gasteiger partial charge in [-0.2, -0.15) is 0 Å². The Morgan fingerprint density at radius 3 is 2.23 bits per heavy atom. The smallest absolute Gasteiger partial charge is 0.100 e. The highest BCUT2D eigenvalue weighted by atomic mass is 15.0. The van der Waals surface area contributed by atoms with Gasteiger partial charge in [0, 0.05) is 17.1 Å². The second kappa shape index (κ2) is 5.37. The van der Waals surface area contributed by atoms with E-state index in [2.05, 4.69) is 45.2 Å². The SMILES string of the molecule is c1ccc(Nc2ccc3c(c2)ncn3-c2ccccc2)cc1. The van der Waals surface area contributed by atoms with Crippen LogP contribution in [0.2, 0.25) is 0 Å². The minimum absolute atomic E-state index is 0.977. The lowest BCUT2D eigenvalue weighted by Crippen LogP contribution is -1.92. The zero-order valence-electron chi connectivity index (χ0n) is 12.0. The third kappa shape index (κ3) is 2.33. The first-order chi connectivity index (χ1) is 10.9. The number of para-hydroxylation sites is 2. The molecule has 0 aliphatic rings. The molecule has 0 saturated carbocycles. The van der Waals surface area contributed by atoms with Crippen molar-refractivity contribution in [3.05, 3.63) is 85.2 Å². The summed E-state index contributed by atoms with van der Waals surface area (Å²) in [7, 11) is 0. The molecular weight excluding hydrogens is 270 g/mol. The monoisotopic (exact) mass is 285 g/mol. The van der Waals surface area contributed by atoms with E-state index >= 15 is 0 Å². The number of aromatic nitrogens is 2. The summed E-state index contributed by atoms with van der Waals surface area (Å²) in [5.41, 5.74) is 5.31. The minimum atomic E-state index is 0.977. The zero-order chi connectivity index (χ0) is 14.8. The first-order valence-corrected chi connectivity index (χ1v) is 7.25. The molecule has 1 aromatic heterocycles. The van der Waals surface area contributed by atoms with Crippen molar-refractivity contribution in [1.29, 1.82) is 0 Å². The summed E-state index contributed by atoms with van der Waals surface area (Å²) < 4.78 is 2.10. The van der Waals surface area contributed by atoms with Crippen LogP contribution >= 0.6 is 0 Å². The van der Waals surface area contributed by atoms with E-state index in [0.29, 0.717) is 0 Å². The molecule has 0 aliphatic carbocycles. The number of nitrogens with zero attached hydrogens (tertiary/aromatic N) is 2. The average molecular weight is 285 g/mol. The molecule has 106 valence electrons. The van der Waals surface area contributed by atoms with Gasteiger partial charge in [-0.05, 0) is 42.5 Å². The van der Waals surface area contributed by atoms with Gasteiger partial charge in [-0.1, -0.05) is 36.4 Å². The molecule has 0 amide bonds. The van der Waals surface area contributed by atoms with Crippen LogP contribution in [0.15, 0.2) is 85.2 Å². The van der Waals surface area contributed by atoms with Crippen LogP contribution < -0.4 is 5.32 Å². The number of benzene rings is 3. The molecule has 4 aromatic rings. The van der Waals surface area contributed by atoms with Gasteiger partial charge in [0.1, 0.15) is 6.33 Å². The molecule has 0 spiro atoms. The van der Waals surface area contributed by atoms with Crippen molar-refractivity contribution in [2.75, 3.05) is 5.32 Å². The van der Waals surface area contributed by atoms with Crippen LogP contribution in [0, 0.1) is 0 Å². The summed E-state index contributed by atoms with van der Waals surface area (Å²) in [6, 6.07) is 26.6. The Hall–Kier alpha value is -3.07. The van der Waals surface area contributed by atoms with Crippen molar-refractivity contribution in [3.63, 3.8) is 0 Å². The van der Waals surface area contributed by atoms with Crippen LogP contribution in [0.3, 0.4) is 0 Å². The van der Waals surface area contributed by atoms with Crippen LogP contribution in [-0.2, 0) is 0 Å². The molecule has 22 heavy (non-hydrogen) atoms. The summed E-state index contributed by atoms with van der Waals surface area (Å²) in [6.45, 7) is 0. The second-order valence-corrected chi connectivity index (χ2v) is 5.14. The molecule has 0 bridgehead atoms. The predicted molar refractivity (Wildman–Crippen MR) is 90.8 cm³/mol.